The van der Waals surface area contributed by atoms with Crippen molar-refractivity contribution in [1.82, 2.24) is 10.2 Å². The van der Waals surface area contributed by atoms with Crippen LogP contribution in [0.15, 0.2) is 18.2 Å². The molecule has 0 saturated carbocycles. The number of nitrogens with one attached hydrogen (secondary N) is 2. The summed E-state index contributed by atoms with van der Waals surface area (Å²) in [4.78, 5) is 59.1. The van der Waals surface area contributed by atoms with Gasteiger partial charge in [-0.1, -0.05) is 25.4 Å². The largest absolute Gasteiger partial charge is 0.454 e. The maximum atomic E-state index is 12.4. The van der Waals surface area contributed by atoms with E-state index < -0.39 is 53.1 Å². The number of rotatable bonds is 8. The molecule has 0 aliphatic carbocycles. The molecule has 0 unspecified atom stereocenters. The highest BCUT2D eigenvalue weighted by Gasteiger charge is 2.49. The molecule has 0 radical (unpaired) electrons. The maximum absolute atomic E-state index is 12.4. The van der Waals surface area contributed by atoms with Crippen LogP contribution in [0.1, 0.15) is 26.7 Å². The summed E-state index contributed by atoms with van der Waals surface area (Å²) >= 11 is 5.69. The molecule has 1 aromatic carbocycles. The van der Waals surface area contributed by atoms with Gasteiger partial charge in [-0.15, -0.1) is 0 Å². The monoisotopic (exact) mass is 426 g/mol. The molecule has 0 bridgehead atoms. The van der Waals surface area contributed by atoms with E-state index in [1.165, 1.54) is 12.1 Å². The van der Waals surface area contributed by atoms with Gasteiger partial charge < -0.3 is 15.4 Å². The fourth-order valence-electron chi connectivity index (χ4n) is 2.80. The van der Waals surface area contributed by atoms with Crippen molar-refractivity contribution in [3.63, 3.8) is 0 Å². The molecule has 1 fully saturated rings. The molecule has 1 aromatic rings. The first-order chi connectivity index (χ1) is 13.6. The first-order valence-corrected chi connectivity index (χ1v) is 9.04. The molecule has 12 heteroatoms. The van der Waals surface area contributed by atoms with Crippen molar-refractivity contribution in [2.24, 2.45) is 0 Å². The fourth-order valence-corrected chi connectivity index (χ4v) is 2.98. The van der Waals surface area contributed by atoms with Crippen molar-refractivity contribution in [2.75, 3.05) is 18.5 Å². The van der Waals surface area contributed by atoms with E-state index in [0.717, 1.165) is 11.0 Å². The standard InChI is InChI=1S/C17H19ClN4O7/c1-3-17(4-2)15(25)21(16(26)20-17)8-14(24)29-9-13(23)19-10-5-6-11(18)12(7-10)22(27)28/h5-7H,3-4,8-9H2,1-2H3,(H,19,23)(H,20,26). The first-order valence-electron chi connectivity index (χ1n) is 8.67. The Kier molecular flexibility index (Phi) is 6.75. The number of imide groups is 1. The minimum atomic E-state index is -1.04. The van der Waals surface area contributed by atoms with Gasteiger partial charge in [0.25, 0.3) is 17.5 Å². The zero-order valence-electron chi connectivity index (χ0n) is 15.7. The smallest absolute Gasteiger partial charge is 0.326 e. The summed E-state index contributed by atoms with van der Waals surface area (Å²) in [5, 5.41) is 15.7. The number of carbonyl (C=O) groups is 4. The number of benzene rings is 1. The van der Waals surface area contributed by atoms with Crippen LogP contribution in [0, 0.1) is 10.1 Å². The second kappa shape index (κ2) is 8.86. The van der Waals surface area contributed by atoms with Gasteiger partial charge in [-0.2, -0.15) is 0 Å². The molecule has 1 aliphatic rings. The first kappa shape index (κ1) is 22.1. The number of carbonyl (C=O) groups excluding carboxylic acids is 4. The van der Waals surface area contributed by atoms with Crippen LogP contribution in [0.4, 0.5) is 16.2 Å². The quantitative estimate of drug-likeness (QED) is 0.279. The number of nitro groups is 1. The minimum absolute atomic E-state index is 0.0897. The second-order valence-electron chi connectivity index (χ2n) is 6.24. The summed E-state index contributed by atoms with van der Waals surface area (Å²) < 4.78 is 4.79. The Bertz CT molecular complexity index is 869. The van der Waals surface area contributed by atoms with Crippen LogP contribution in [0.25, 0.3) is 0 Å². The van der Waals surface area contributed by atoms with Crippen LogP contribution >= 0.6 is 11.6 Å². The van der Waals surface area contributed by atoms with E-state index in [2.05, 4.69) is 10.6 Å². The number of urea groups is 1. The number of hydrogen-bond acceptors (Lipinski definition) is 7. The number of halogens is 1. The van der Waals surface area contributed by atoms with Gasteiger partial charge in [-0.05, 0) is 25.0 Å². The summed E-state index contributed by atoms with van der Waals surface area (Å²) in [6, 6.07) is 2.95. The van der Waals surface area contributed by atoms with Gasteiger partial charge in [-0.3, -0.25) is 29.4 Å². The van der Waals surface area contributed by atoms with E-state index in [1.807, 2.05) is 0 Å². The van der Waals surface area contributed by atoms with Gasteiger partial charge in [-0.25, -0.2) is 4.79 Å². The SMILES string of the molecule is CCC1(CC)NC(=O)N(CC(=O)OCC(=O)Nc2ccc(Cl)c([N+](=O)[O-])c2)C1=O. The van der Waals surface area contributed by atoms with Gasteiger partial charge in [0.15, 0.2) is 6.61 Å². The zero-order chi connectivity index (χ0) is 21.8. The molecule has 4 amide bonds. The maximum Gasteiger partial charge on any atom is 0.326 e. The van der Waals surface area contributed by atoms with E-state index in [1.54, 1.807) is 13.8 Å². The van der Waals surface area contributed by atoms with Gasteiger partial charge in [0.2, 0.25) is 0 Å². The van der Waals surface area contributed by atoms with Crippen LogP contribution in [0.3, 0.4) is 0 Å². The van der Waals surface area contributed by atoms with E-state index >= 15 is 0 Å². The molecule has 11 nitrogen and oxygen atoms in total. The van der Waals surface area contributed by atoms with Gasteiger partial charge in [0.1, 0.15) is 17.1 Å². The van der Waals surface area contributed by atoms with Crippen LogP contribution in [0.2, 0.25) is 5.02 Å². The predicted octanol–water partition coefficient (Wildman–Crippen LogP) is 1.84. The number of nitrogens with zero attached hydrogens (tertiary/aromatic N) is 2. The lowest BCUT2D eigenvalue weighted by Crippen LogP contribution is -2.46. The minimum Gasteiger partial charge on any atom is -0.454 e. The van der Waals surface area contributed by atoms with E-state index in [4.69, 9.17) is 16.3 Å². The molecule has 0 atom stereocenters. The molecule has 2 N–H and O–H groups in total. The summed E-state index contributed by atoms with van der Waals surface area (Å²) in [5.41, 5.74) is -1.35. The molecular weight excluding hydrogens is 408 g/mol. The number of nitro benzene ring substituents is 1. The third-order valence-corrected chi connectivity index (χ3v) is 4.85. The van der Waals surface area contributed by atoms with Crippen molar-refractivity contribution < 1.29 is 28.8 Å². The highest BCUT2D eigenvalue weighted by Crippen LogP contribution is 2.27. The van der Waals surface area contributed by atoms with Crippen LogP contribution in [-0.4, -0.2) is 52.3 Å². The molecule has 1 aliphatic heterocycles. The zero-order valence-corrected chi connectivity index (χ0v) is 16.4. The fraction of sp³-hybridized carbons (Fsp3) is 0.412. The summed E-state index contributed by atoms with van der Waals surface area (Å²) in [6.07, 6.45) is 0.741. The van der Waals surface area contributed by atoms with Crippen LogP contribution in [-0.2, 0) is 19.1 Å². The summed E-state index contributed by atoms with van der Waals surface area (Å²) in [7, 11) is 0. The topological polar surface area (TPSA) is 148 Å². The third-order valence-electron chi connectivity index (χ3n) is 4.53. The van der Waals surface area contributed by atoms with E-state index in [-0.39, 0.29) is 10.7 Å². The van der Waals surface area contributed by atoms with Gasteiger partial charge >= 0.3 is 12.0 Å². The van der Waals surface area contributed by atoms with Crippen molar-refractivity contribution in [3.05, 3.63) is 33.3 Å². The Hall–Kier alpha value is -3.21. The normalized spacial score (nSPS) is 15.1. The predicted molar refractivity (Wildman–Crippen MR) is 101 cm³/mol. The van der Waals surface area contributed by atoms with Crippen LogP contribution < -0.4 is 10.6 Å². The van der Waals surface area contributed by atoms with Crippen LogP contribution in [0.5, 0.6) is 0 Å². The van der Waals surface area contributed by atoms with E-state index in [0.29, 0.717) is 12.8 Å². The molecule has 0 spiro atoms. The molecule has 1 heterocycles. The van der Waals surface area contributed by atoms with Crippen molar-refractivity contribution in [3.8, 4) is 0 Å². The molecule has 1 saturated heterocycles. The molecule has 2 rings (SSSR count). The average Bonchev–Trinajstić information content (AvgIpc) is 2.92. The van der Waals surface area contributed by atoms with Crippen molar-refractivity contribution in [1.29, 1.82) is 0 Å². The summed E-state index contributed by atoms with van der Waals surface area (Å²) in [5.74, 6) is -2.24. The Morgan fingerprint density at radius 3 is 2.52 bits per heavy atom. The molecular formula is C17H19ClN4O7. The Morgan fingerprint density at radius 2 is 1.97 bits per heavy atom. The molecule has 29 heavy (non-hydrogen) atoms. The number of esters is 1. The average molecular weight is 427 g/mol. The molecule has 0 aromatic heterocycles. The Balaban J connectivity index is 1.90. The number of hydrogen-bond donors (Lipinski definition) is 2. The lowest BCUT2D eigenvalue weighted by molar-refractivity contribution is -0.384. The Morgan fingerprint density at radius 1 is 1.31 bits per heavy atom. The van der Waals surface area contributed by atoms with Gasteiger partial charge in [0, 0.05) is 11.8 Å². The van der Waals surface area contributed by atoms with E-state index in [9.17, 15) is 29.3 Å². The van der Waals surface area contributed by atoms with Crippen molar-refractivity contribution >= 4 is 46.8 Å². The lowest BCUT2D eigenvalue weighted by Gasteiger charge is -2.22. The lowest BCUT2D eigenvalue weighted by atomic mass is 9.93. The third kappa shape index (κ3) is 4.80. The highest BCUT2D eigenvalue weighted by atomic mass is 35.5. The number of anilines is 1. The Labute approximate surface area is 170 Å². The molecule has 156 valence electrons. The van der Waals surface area contributed by atoms with Crippen molar-refractivity contribution in [2.45, 2.75) is 32.2 Å². The number of amides is 4. The number of ether oxygens (including phenoxy) is 1. The second-order valence-corrected chi connectivity index (χ2v) is 6.65. The highest BCUT2D eigenvalue weighted by molar-refractivity contribution is 6.32. The van der Waals surface area contributed by atoms with Gasteiger partial charge in [0.05, 0.1) is 4.92 Å². The summed E-state index contributed by atoms with van der Waals surface area (Å²) in [6.45, 7) is 2.15.